The number of methoxy groups -OCH3 is 1. The van der Waals surface area contributed by atoms with Gasteiger partial charge in [0.15, 0.2) is 0 Å². The predicted octanol–water partition coefficient (Wildman–Crippen LogP) is 1.36. The number of nitrogens with one attached hydrogen (secondary N) is 1. The van der Waals surface area contributed by atoms with Crippen molar-refractivity contribution >= 4 is 0 Å². The maximum Gasteiger partial charge on any atom is 0.0644 e. The van der Waals surface area contributed by atoms with E-state index in [1.807, 2.05) is 0 Å². The fourth-order valence-electron chi connectivity index (χ4n) is 1.31. The van der Waals surface area contributed by atoms with Crippen molar-refractivity contribution in [2.75, 3.05) is 54.1 Å². The Morgan fingerprint density at radius 2 is 1.82 bits per heavy atom. The maximum absolute atomic E-state index is 5.55. The van der Waals surface area contributed by atoms with Crippen LogP contribution in [0.5, 0.6) is 0 Å². The van der Waals surface area contributed by atoms with Crippen LogP contribution in [0.1, 0.15) is 26.7 Å². The van der Waals surface area contributed by atoms with Gasteiger partial charge >= 0.3 is 0 Å². The molecule has 4 nitrogen and oxygen atoms in total. The highest BCUT2D eigenvalue weighted by Gasteiger charge is 2.15. The summed E-state index contributed by atoms with van der Waals surface area (Å²) in [7, 11) is 5.94. The minimum Gasteiger partial charge on any atom is -0.380 e. The van der Waals surface area contributed by atoms with E-state index in [4.69, 9.17) is 9.47 Å². The first-order valence-corrected chi connectivity index (χ1v) is 6.46. The number of rotatable bonds is 11. The van der Waals surface area contributed by atoms with Crippen molar-refractivity contribution in [1.29, 1.82) is 0 Å². The molecule has 0 rings (SSSR count). The normalized spacial score (nSPS) is 12.4. The van der Waals surface area contributed by atoms with Gasteiger partial charge in [0.25, 0.3) is 0 Å². The molecule has 0 aromatic rings. The second kappa shape index (κ2) is 9.83. The molecule has 0 saturated heterocycles. The summed E-state index contributed by atoms with van der Waals surface area (Å²) in [6.45, 7) is 8.83. The van der Waals surface area contributed by atoms with Gasteiger partial charge in [-0.15, -0.1) is 0 Å². The lowest BCUT2D eigenvalue weighted by Gasteiger charge is -2.22. The molecule has 0 bridgehead atoms. The van der Waals surface area contributed by atoms with Crippen LogP contribution in [0.2, 0.25) is 0 Å². The van der Waals surface area contributed by atoms with Crippen LogP contribution in [0, 0.1) is 0 Å². The largest absolute Gasteiger partial charge is 0.380 e. The van der Waals surface area contributed by atoms with Crippen LogP contribution in [0.4, 0.5) is 0 Å². The van der Waals surface area contributed by atoms with Crippen LogP contribution in [-0.2, 0) is 9.47 Å². The van der Waals surface area contributed by atoms with Gasteiger partial charge in [0.05, 0.1) is 12.2 Å². The van der Waals surface area contributed by atoms with Crippen LogP contribution >= 0.6 is 0 Å². The molecular formula is C13H30N2O2. The molecule has 1 N–H and O–H groups in total. The Hall–Kier alpha value is -0.160. The molecule has 0 radical (unpaired) electrons. The molecule has 0 amide bonds. The van der Waals surface area contributed by atoms with Gasteiger partial charge in [-0.3, -0.25) is 0 Å². The quantitative estimate of drug-likeness (QED) is 0.558. The van der Waals surface area contributed by atoms with E-state index in [-0.39, 0.29) is 5.60 Å². The van der Waals surface area contributed by atoms with Gasteiger partial charge in [0.2, 0.25) is 0 Å². The first-order valence-electron chi connectivity index (χ1n) is 6.46. The van der Waals surface area contributed by atoms with Gasteiger partial charge in [-0.1, -0.05) is 0 Å². The van der Waals surface area contributed by atoms with E-state index in [0.29, 0.717) is 0 Å². The highest BCUT2D eigenvalue weighted by molar-refractivity contribution is 4.66. The zero-order valence-electron chi connectivity index (χ0n) is 12.2. The van der Waals surface area contributed by atoms with Crippen molar-refractivity contribution in [3.05, 3.63) is 0 Å². The number of hydrogen-bond donors (Lipinski definition) is 1. The van der Waals surface area contributed by atoms with Gasteiger partial charge < -0.3 is 19.7 Å². The first kappa shape index (κ1) is 16.8. The molecule has 0 unspecified atom stereocenters. The molecule has 0 saturated carbocycles. The monoisotopic (exact) mass is 246 g/mol. The molecule has 0 aromatic heterocycles. The molecule has 0 fully saturated rings. The summed E-state index contributed by atoms with van der Waals surface area (Å²) in [6, 6.07) is 0. The van der Waals surface area contributed by atoms with Crippen LogP contribution in [0.15, 0.2) is 0 Å². The van der Waals surface area contributed by atoms with Crippen LogP contribution in [0.3, 0.4) is 0 Å². The Labute approximate surface area is 107 Å². The molecule has 0 spiro atoms. The second-order valence-electron chi connectivity index (χ2n) is 5.23. The molecule has 0 aliphatic heterocycles. The lowest BCUT2D eigenvalue weighted by molar-refractivity contribution is -0.00934. The van der Waals surface area contributed by atoms with Gasteiger partial charge in [-0.25, -0.2) is 0 Å². The van der Waals surface area contributed by atoms with Gasteiger partial charge in [-0.05, 0) is 53.9 Å². The predicted molar refractivity (Wildman–Crippen MR) is 72.6 cm³/mol. The summed E-state index contributed by atoms with van der Waals surface area (Å²) < 4.78 is 10.9. The molecule has 4 heteroatoms. The van der Waals surface area contributed by atoms with E-state index in [9.17, 15) is 0 Å². The van der Waals surface area contributed by atoms with E-state index < -0.39 is 0 Å². The van der Waals surface area contributed by atoms with Crippen LogP contribution in [0.25, 0.3) is 0 Å². The summed E-state index contributed by atoms with van der Waals surface area (Å²) in [6.07, 6.45) is 2.12. The summed E-state index contributed by atoms with van der Waals surface area (Å²) in [5.41, 5.74) is -0.0703. The molecule has 0 heterocycles. The Bertz CT molecular complexity index is 173. The fourth-order valence-corrected chi connectivity index (χ4v) is 1.31. The Morgan fingerprint density at radius 3 is 2.41 bits per heavy atom. The van der Waals surface area contributed by atoms with E-state index in [0.717, 1.165) is 39.3 Å². The third-order valence-corrected chi connectivity index (χ3v) is 2.78. The lowest BCUT2D eigenvalue weighted by atomic mass is 10.1. The summed E-state index contributed by atoms with van der Waals surface area (Å²) >= 11 is 0. The number of ether oxygens (including phenoxy) is 2. The summed E-state index contributed by atoms with van der Waals surface area (Å²) in [4.78, 5) is 2.20. The van der Waals surface area contributed by atoms with E-state index >= 15 is 0 Å². The SMILES string of the molecule is COC(C)(C)CCOCCNCCCN(C)C. The zero-order valence-corrected chi connectivity index (χ0v) is 12.2. The Morgan fingerprint density at radius 1 is 1.12 bits per heavy atom. The van der Waals surface area contributed by atoms with Crippen molar-refractivity contribution in [3.8, 4) is 0 Å². The van der Waals surface area contributed by atoms with Crippen molar-refractivity contribution in [2.45, 2.75) is 32.3 Å². The zero-order chi connectivity index (χ0) is 13.1. The van der Waals surface area contributed by atoms with Crippen LogP contribution in [-0.4, -0.2) is 64.6 Å². The fraction of sp³-hybridized carbons (Fsp3) is 1.00. The molecule has 0 atom stereocenters. The average Bonchev–Trinajstić information content (AvgIpc) is 2.26. The summed E-state index contributed by atoms with van der Waals surface area (Å²) in [5, 5.41) is 3.37. The molecular weight excluding hydrogens is 216 g/mol. The van der Waals surface area contributed by atoms with E-state index in [1.165, 1.54) is 6.42 Å². The highest BCUT2D eigenvalue weighted by Crippen LogP contribution is 2.12. The van der Waals surface area contributed by atoms with Gasteiger partial charge in [0, 0.05) is 20.3 Å². The molecule has 0 aromatic carbocycles. The minimum atomic E-state index is -0.0703. The summed E-state index contributed by atoms with van der Waals surface area (Å²) in [5.74, 6) is 0. The maximum atomic E-state index is 5.55. The average molecular weight is 246 g/mol. The first-order chi connectivity index (χ1) is 7.98. The van der Waals surface area contributed by atoms with E-state index in [1.54, 1.807) is 7.11 Å². The second-order valence-corrected chi connectivity index (χ2v) is 5.23. The van der Waals surface area contributed by atoms with Crippen molar-refractivity contribution < 1.29 is 9.47 Å². The van der Waals surface area contributed by atoms with Crippen molar-refractivity contribution in [1.82, 2.24) is 10.2 Å². The number of hydrogen-bond acceptors (Lipinski definition) is 4. The molecule has 17 heavy (non-hydrogen) atoms. The topological polar surface area (TPSA) is 33.7 Å². The lowest BCUT2D eigenvalue weighted by Crippen LogP contribution is -2.27. The van der Waals surface area contributed by atoms with Gasteiger partial charge in [-0.2, -0.15) is 0 Å². The molecule has 104 valence electrons. The smallest absolute Gasteiger partial charge is 0.0644 e. The molecule has 0 aliphatic rings. The van der Waals surface area contributed by atoms with Crippen molar-refractivity contribution in [3.63, 3.8) is 0 Å². The standard InChI is InChI=1S/C13H30N2O2/c1-13(2,16-5)7-11-17-12-9-14-8-6-10-15(3)4/h14H,6-12H2,1-5H3. The minimum absolute atomic E-state index is 0.0703. The van der Waals surface area contributed by atoms with Crippen LogP contribution < -0.4 is 5.32 Å². The third-order valence-electron chi connectivity index (χ3n) is 2.78. The third kappa shape index (κ3) is 12.1. The van der Waals surface area contributed by atoms with E-state index in [2.05, 4.69) is 38.2 Å². The molecule has 0 aliphatic carbocycles. The number of nitrogens with zero attached hydrogens (tertiary/aromatic N) is 1. The Balaban J connectivity index is 3.14. The van der Waals surface area contributed by atoms with Crippen molar-refractivity contribution in [2.24, 2.45) is 0 Å². The Kier molecular flexibility index (Phi) is 9.74. The van der Waals surface area contributed by atoms with Gasteiger partial charge in [0.1, 0.15) is 0 Å². The highest BCUT2D eigenvalue weighted by atomic mass is 16.5.